The number of fused-ring (bicyclic) bond motifs is 1. The summed E-state index contributed by atoms with van der Waals surface area (Å²) in [5.41, 5.74) is 3.10. The molecule has 3 aromatic carbocycles. The van der Waals surface area contributed by atoms with Gasteiger partial charge in [-0.15, -0.1) is 0 Å². The third-order valence-corrected chi connectivity index (χ3v) is 5.97. The minimum atomic E-state index is -0.279. The van der Waals surface area contributed by atoms with Crippen molar-refractivity contribution in [3.8, 4) is 23.0 Å². The van der Waals surface area contributed by atoms with Crippen molar-refractivity contribution in [3.63, 3.8) is 0 Å². The van der Waals surface area contributed by atoms with E-state index in [4.69, 9.17) is 18.9 Å². The summed E-state index contributed by atoms with van der Waals surface area (Å²) in [6.07, 6.45) is 4.19. The topological polar surface area (TPSA) is 57.2 Å². The zero-order valence-electron chi connectivity index (χ0n) is 19.7. The van der Waals surface area contributed by atoms with Gasteiger partial charge in [-0.1, -0.05) is 30.3 Å². The lowest BCUT2D eigenvalue weighted by molar-refractivity contribution is -0.129. The van der Waals surface area contributed by atoms with Crippen molar-refractivity contribution in [1.29, 1.82) is 0 Å². The molecule has 6 heteroatoms. The van der Waals surface area contributed by atoms with Crippen LogP contribution in [0.15, 0.2) is 72.8 Å². The van der Waals surface area contributed by atoms with E-state index >= 15 is 0 Å². The Morgan fingerprint density at radius 2 is 1.59 bits per heavy atom. The van der Waals surface area contributed by atoms with Crippen molar-refractivity contribution >= 4 is 12.0 Å². The van der Waals surface area contributed by atoms with E-state index in [1.165, 1.54) is 0 Å². The Balaban J connectivity index is 1.63. The van der Waals surface area contributed by atoms with Crippen LogP contribution in [0, 0.1) is 0 Å². The van der Waals surface area contributed by atoms with Crippen LogP contribution in [-0.4, -0.2) is 45.3 Å². The number of ether oxygens (including phenoxy) is 4. The number of nitrogens with zero attached hydrogens (tertiary/aromatic N) is 1. The lowest BCUT2D eigenvalue weighted by atomic mass is 9.92. The molecule has 0 bridgehead atoms. The van der Waals surface area contributed by atoms with Gasteiger partial charge in [0.1, 0.15) is 18.1 Å². The van der Waals surface area contributed by atoms with Gasteiger partial charge in [-0.25, -0.2) is 0 Å². The second-order valence-electron chi connectivity index (χ2n) is 7.93. The zero-order chi connectivity index (χ0) is 23.9. The second-order valence-corrected chi connectivity index (χ2v) is 7.93. The van der Waals surface area contributed by atoms with E-state index in [2.05, 4.69) is 0 Å². The molecule has 1 aliphatic rings. The Labute approximate surface area is 200 Å². The number of benzene rings is 3. The summed E-state index contributed by atoms with van der Waals surface area (Å²) < 4.78 is 22.4. The van der Waals surface area contributed by atoms with E-state index in [1.54, 1.807) is 27.4 Å². The molecule has 0 saturated heterocycles. The van der Waals surface area contributed by atoms with Gasteiger partial charge in [0.15, 0.2) is 11.5 Å². The molecular formula is C28H29NO5. The van der Waals surface area contributed by atoms with Gasteiger partial charge in [0.25, 0.3) is 0 Å². The monoisotopic (exact) mass is 459 g/mol. The first-order chi connectivity index (χ1) is 16.6. The van der Waals surface area contributed by atoms with Gasteiger partial charge in [0.05, 0.1) is 27.4 Å². The number of amides is 1. The largest absolute Gasteiger partial charge is 0.497 e. The SMILES string of the molecule is COc1ccc(OC[C@H]2c3cc(OC)c(OC)cc3CCN2C(=O)/C=C/c2ccccc2)cc1. The summed E-state index contributed by atoms with van der Waals surface area (Å²) in [4.78, 5) is 15.1. The number of hydrogen-bond donors (Lipinski definition) is 0. The van der Waals surface area contributed by atoms with Crippen molar-refractivity contribution in [2.45, 2.75) is 12.5 Å². The smallest absolute Gasteiger partial charge is 0.247 e. The maximum atomic E-state index is 13.3. The molecule has 1 amide bonds. The van der Waals surface area contributed by atoms with Crippen molar-refractivity contribution in [2.24, 2.45) is 0 Å². The van der Waals surface area contributed by atoms with E-state index in [-0.39, 0.29) is 11.9 Å². The number of hydrogen-bond acceptors (Lipinski definition) is 5. The van der Waals surface area contributed by atoms with E-state index in [1.807, 2.05) is 77.7 Å². The number of carbonyl (C=O) groups is 1. The molecule has 0 fully saturated rings. The van der Waals surface area contributed by atoms with Gasteiger partial charge in [0, 0.05) is 12.6 Å². The van der Waals surface area contributed by atoms with Gasteiger partial charge >= 0.3 is 0 Å². The Bertz CT molecular complexity index is 1140. The molecule has 34 heavy (non-hydrogen) atoms. The predicted octanol–water partition coefficient (Wildman–Crippen LogP) is 4.93. The number of carbonyl (C=O) groups excluding carboxylic acids is 1. The molecular weight excluding hydrogens is 430 g/mol. The third-order valence-electron chi connectivity index (χ3n) is 5.97. The molecule has 1 atom stereocenters. The molecule has 6 nitrogen and oxygen atoms in total. The Morgan fingerprint density at radius 3 is 2.26 bits per heavy atom. The van der Waals surface area contributed by atoms with Crippen molar-refractivity contribution in [2.75, 3.05) is 34.5 Å². The Kier molecular flexibility index (Phi) is 7.38. The molecule has 4 rings (SSSR count). The first-order valence-corrected chi connectivity index (χ1v) is 11.2. The standard InChI is InChI=1S/C28H29NO5/c1-31-22-10-12-23(13-11-22)34-19-25-24-18-27(33-3)26(32-2)17-21(24)15-16-29(25)28(30)14-9-20-7-5-4-6-8-20/h4-14,17-18,25H,15-16,19H2,1-3H3/b14-9+/t25-/m0/s1. The number of rotatable bonds is 8. The van der Waals surface area contributed by atoms with Crippen LogP contribution in [0.4, 0.5) is 0 Å². The quantitative estimate of drug-likeness (QED) is 0.447. The van der Waals surface area contributed by atoms with Crippen LogP contribution >= 0.6 is 0 Å². The van der Waals surface area contributed by atoms with Gasteiger partial charge in [0.2, 0.25) is 5.91 Å². The first-order valence-electron chi connectivity index (χ1n) is 11.2. The van der Waals surface area contributed by atoms with E-state index in [0.717, 1.165) is 28.9 Å². The van der Waals surface area contributed by atoms with Gasteiger partial charge in [-0.3, -0.25) is 4.79 Å². The minimum absolute atomic E-state index is 0.0624. The maximum Gasteiger partial charge on any atom is 0.247 e. The van der Waals surface area contributed by atoms with Crippen molar-refractivity contribution < 1.29 is 23.7 Å². The summed E-state index contributed by atoms with van der Waals surface area (Å²) in [5, 5.41) is 0. The van der Waals surface area contributed by atoms with Gasteiger partial charge in [-0.05, 0) is 65.6 Å². The van der Waals surface area contributed by atoms with Crippen LogP contribution in [0.5, 0.6) is 23.0 Å². The molecule has 0 unspecified atom stereocenters. The minimum Gasteiger partial charge on any atom is -0.497 e. The van der Waals surface area contributed by atoms with Gasteiger partial charge < -0.3 is 23.8 Å². The average molecular weight is 460 g/mol. The van der Waals surface area contributed by atoms with Crippen molar-refractivity contribution in [1.82, 2.24) is 4.90 Å². The summed E-state index contributed by atoms with van der Waals surface area (Å²) in [6.45, 7) is 0.886. The molecule has 0 aliphatic carbocycles. The summed E-state index contributed by atoms with van der Waals surface area (Å²) in [6, 6.07) is 20.9. The fourth-order valence-electron chi connectivity index (χ4n) is 4.15. The van der Waals surface area contributed by atoms with Crippen LogP contribution in [0.25, 0.3) is 6.08 Å². The highest BCUT2D eigenvalue weighted by Crippen LogP contribution is 2.38. The molecule has 0 spiro atoms. The molecule has 0 aromatic heterocycles. The normalized spacial score (nSPS) is 15.0. The fourth-order valence-corrected chi connectivity index (χ4v) is 4.15. The molecule has 3 aromatic rings. The molecule has 0 radical (unpaired) electrons. The lowest BCUT2D eigenvalue weighted by Crippen LogP contribution is -2.41. The first kappa shape index (κ1) is 23.2. The van der Waals surface area contributed by atoms with Crippen LogP contribution in [0.2, 0.25) is 0 Å². The van der Waals surface area contributed by atoms with Gasteiger partial charge in [-0.2, -0.15) is 0 Å². The second kappa shape index (κ2) is 10.8. The molecule has 176 valence electrons. The summed E-state index contributed by atoms with van der Waals surface area (Å²) in [7, 11) is 4.87. The van der Waals surface area contributed by atoms with Crippen LogP contribution in [0.3, 0.4) is 0 Å². The third kappa shape index (κ3) is 5.17. The number of methoxy groups -OCH3 is 3. The van der Waals surface area contributed by atoms with E-state index < -0.39 is 0 Å². The molecule has 0 N–H and O–H groups in total. The van der Waals surface area contributed by atoms with Crippen LogP contribution in [-0.2, 0) is 11.2 Å². The molecule has 1 heterocycles. The predicted molar refractivity (Wildman–Crippen MR) is 132 cm³/mol. The average Bonchev–Trinajstić information content (AvgIpc) is 2.90. The Morgan fingerprint density at radius 1 is 0.912 bits per heavy atom. The zero-order valence-corrected chi connectivity index (χ0v) is 19.7. The van der Waals surface area contributed by atoms with Crippen LogP contribution < -0.4 is 18.9 Å². The lowest BCUT2D eigenvalue weighted by Gasteiger charge is -2.37. The fraction of sp³-hybridized carbons (Fsp3) is 0.250. The highest BCUT2D eigenvalue weighted by Gasteiger charge is 2.32. The molecule has 0 saturated carbocycles. The highest BCUT2D eigenvalue weighted by atomic mass is 16.5. The summed E-state index contributed by atoms with van der Waals surface area (Å²) in [5.74, 6) is 2.72. The Hall–Kier alpha value is -3.93. The van der Waals surface area contributed by atoms with E-state index in [9.17, 15) is 4.79 Å². The molecule has 1 aliphatic heterocycles. The summed E-state index contributed by atoms with van der Waals surface area (Å²) >= 11 is 0. The van der Waals surface area contributed by atoms with Crippen molar-refractivity contribution in [3.05, 3.63) is 89.5 Å². The van der Waals surface area contributed by atoms with E-state index in [0.29, 0.717) is 30.4 Å². The maximum absolute atomic E-state index is 13.3. The van der Waals surface area contributed by atoms with Crippen LogP contribution in [0.1, 0.15) is 22.7 Å². The highest BCUT2D eigenvalue weighted by molar-refractivity contribution is 5.92.